The Morgan fingerprint density at radius 1 is 1.27 bits per heavy atom. The molecular formula is C18H12BrCl2N3O2. The summed E-state index contributed by atoms with van der Waals surface area (Å²) in [5, 5.41) is 14.9. The number of benzene rings is 2. The molecule has 0 spiro atoms. The maximum Gasteiger partial charge on any atom is 0.272 e. The van der Waals surface area contributed by atoms with E-state index in [1.165, 1.54) is 18.3 Å². The molecule has 1 aromatic heterocycles. The molecule has 0 radical (unpaired) electrons. The van der Waals surface area contributed by atoms with Crippen molar-refractivity contribution in [1.82, 2.24) is 10.4 Å². The van der Waals surface area contributed by atoms with Crippen LogP contribution in [0.15, 0.2) is 46.0 Å². The highest BCUT2D eigenvalue weighted by Crippen LogP contribution is 2.30. The monoisotopic (exact) mass is 451 g/mol. The lowest BCUT2D eigenvalue weighted by molar-refractivity contribution is 0.0956. The normalized spacial score (nSPS) is 11.2. The van der Waals surface area contributed by atoms with Crippen LogP contribution >= 0.6 is 39.1 Å². The molecule has 5 nitrogen and oxygen atoms in total. The van der Waals surface area contributed by atoms with Crippen molar-refractivity contribution in [3.05, 3.63) is 67.7 Å². The molecule has 1 heterocycles. The van der Waals surface area contributed by atoms with E-state index in [0.717, 1.165) is 4.47 Å². The van der Waals surface area contributed by atoms with Crippen molar-refractivity contribution in [2.24, 2.45) is 5.10 Å². The number of carbonyl (C=O) groups excluding carboxylic acids is 1. The van der Waals surface area contributed by atoms with Crippen LogP contribution in [0, 0.1) is 6.92 Å². The van der Waals surface area contributed by atoms with Crippen LogP contribution in [0.3, 0.4) is 0 Å². The third-order valence-electron chi connectivity index (χ3n) is 3.57. The van der Waals surface area contributed by atoms with E-state index in [1.54, 1.807) is 6.07 Å². The predicted octanol–water partition coefficient (Wildman–Crippen LogP) is 5.08. The Morgan fingerprint density at radius 2 is 2.04 bits per heavy atom. The third kappa shape index (κ3) is 3.98. The van der Waals surface area contributed by atoms with Gasteiger partial charge in [-0.25, -0.2) is 5.43 Å². The molecule has 3 rings (SSSR count). The van der Waals surface area contributed by atoms with Gasteiger partial charge in [0.25, 0.3) is 5.91 Å². The van der Waals surface area contributed by atoms with Gasteiger partial charge in [0.05, 0.1) is 22.3 Å². The summed E-state index contributed by atoms with van der Waals surface area (Å²) < 4.78 is 0.840. The fraction of sp³-hybridized carbons (Fsp3) is 0.0556. The molecule has 3 aromatic rings. The van der Waals surface area contributed by atoms with Crippen LogP contribution in [0.2, 0.25) is 10.0 Å². The highest BCUT2D eigenvalue weighted by molar-refractivity contribution is 9.10. The average molecular weight is 453 g/mol. The summed E-state index contributed by atoms with van der Waals surface area (Å²) in [4.78, 5) is 17.0. The molecule has 0 aliphatic heterocycles. The van der Waals surface area contributed by atoms with E-state index in [-0.39, 0.29) is 10.8 Å². The lowest BCUT2D eigenvalue weighted by atomic mass is 10.1. The van der Waals surface area contributed by atoms with Crippen LogP contribution in [0.4, 0.5) is 0 Å². The number of nitrogens with zero attached hydrogens (tertiary/aromatic N) is 2. The summed E-state index contributed by atoms with van der Waals surface area (Å²) in [6, 6.07) is 10.1. The number of phenolic OH excluding ortho intramolecular Hbond substituents is 1. The zero-order valence-electron chi connectivity index (χ0n) is 13.4. The third-order valence-corrected chi connectivity index (χ3v) is 4.57. The van der Waals surface area contributed by atoms with Gasteiger partial charge < -0.3 is 5.11 Å². The summed E-state index contributed by atoms with van der Waals surface area (Å²) in [5.41, 5.74) is 4.60. The maximum atomic E-state index is 12.5. The Morgan fingerprint density at radius 3 is 2.81 bits per heavy atom. The minimum Gasteiger partial charge on any atom is -0.506 e. The molecule has 26 heavy (non-hydrogen) atoms. The molecular weight excluding hydrogens is 441 g/mol. The molecule has 132 valence electrons. The minimum absolute atomic E-state index is 0.103. The number of amides is 1. The molecule has 0 saturated carbocycles. The fourth-order valence-electron chi connectivity index (χ4n) is 2.42. The van der Waals surface area contributed by atoms with Crippen molar-refractivity contribution >= 4 is 62.2 Å². The molecule has 0 atom stereocenters. The minimum atomic E-state index is -0.400. The summed E-state index contributed by atoms with van der Waals surface area (Å²) in [6.45, 7) is 1.81. The molecule has 1 amide bonds. The first-order valence-corrected chi connectivity index (χ1v) is 8.98. The molecule has 0 saturated heterocycles. The first-order chi connectivity index (χ1) is 12.3. The molecule has 0 aliphatic carbocycles. The number of fused-ring (bicyclic) bond motifs is 1. The number of aromatic nitrogens is 1. The summed E-state index contributed by atoms with van der Waals surface area (Å²) in [6.07, 6.45) is 1.27. The largest absolute Gasteiger partial charge is 0.506 e. The van der Waals surface area contributed by atoms with Gasteiger partial charge in [0, 0.05) is 26.1 Å². The lowest BCUT2D eigenvalue weighted by Gasteiger charge is -2.07. The number of hydrogen-bond acceptors (Lipinski definition) is 4. The van der Waals surface area contributed by atoms with Crippen LogP contribution in [-0.4, -0.2) is 22.2 Å². The first kappa shape index (κ1) is 18.6. The second-order valence-corrected chi connectivity index (χ2v) is 7.26. The first-order valence-electron chi connectivity index (χ1n) is 7.43. The van der Waals surface area contributed by atoms with E-state index in [9.17, 15) is 9.90 Å². The van der Waals surface area contributed by atoms with Crippen molar-refractivity contribution < 1.29 is 9.90 Å². The molecule has 2 N–H and O–H groups in total. The van der Waals surface area contributed by atoms with Gasteiger partial charge in [0.1, 0.15) is 5.75 Å². The smallest absolute Gasteiger partial charge is 0.272 e. The van der Waals surface area contributed by atoms with Crippen LogP contribution < -0.4 is 5.43 Å². The molecule has 0 unspecified atom stereocenters. The maximum absolute atomic E-state index is 12.5. The van der Waals surface area contributed by atoms with Gasteiger partial charge in [-0.1, -0.05) is 39.1 Å². The molecule has 0 aliphatic rings. The fourth-order valence-corrected chi connectivity index (χ4v) is 3.29. The topological polar surface area (TPSA) is 74.6 Å². The van der Waals surface area contributed by atoms with Crippen molar-refractivity contribution in [3.63, 3.8) is 0 Å². The predicted molar refractivity (Wildman–Crippen MR) is 107 cm³/mol. The average Bonchev–Trinajstić information content (AvgIpc) is 2.58. The Labute approximate surface area is 167 Å². The number of phenols is 1. The molecule has 0 fully saturated rings. The number of hydrogen-bond donors (Lipinski definition) is 2. The van der Waals surface area contributed by atoms with Crippen molar-refractivity contribution in [3.8, 4) is 5.75 Å². The highest BCUT2D eigenvalue weighted by Gasteiger charge is 2.12. The van der Waals surface area contributed by atoms with E-state index < -0.39 is 5.91 Å². The van der Waals surface area contributed by atoms with E-state index in [1.807, 2.05) is 25.1 Å². The number of aryl methyl sites for hydroxylation is 1. The van der Waals surface area contributed by atoms with E-state index in [4.69, 9.17) is 23.2 Å². The number of rotatable bonds is 3. The zero-order valence-corrected chi connectivity index (χ0v) is 16.5. The van der Waals surface area contributed by atoms with Gasteiger partial charge >= 0.3 is 0 Å². The number of carbonyl (C=O) groups is 1. The van der Waals surface area contributed by atoms with Crippen LogP contribution in [-0.2, 0) is 0 Å². The lowest BCUT2D eigenvalue weighted by Crippen LogP contribution is -2.18. The zero-order chi connectivity index (χ0) is 18.8. The van der Waals surface area contributed by atoms with Gasteiger partial charge in [-0.15, -0.1) is 0 Å². The summed E-state index contributed by atoms with van der Waals surface area (Å²) in [7, 11) is 0. The van der Waals surface area contributed by atoms with Gasteiger partial charge in [-0.3, -0.25) is 9.78 Å². The molecule has 8 heteroatoms. The van der Waals surface area contributed by atoms with Crippen LogP contribution in [0.5, 0.6) is 5.75 Å². The summed E-state index contributed by atoms with van der Waals surface area (Å²) in [5.74, 6) is -0.564. The second-order valence-electron chi connectivity index (χ2n) is 5.50. The number of nitrogens with one attached hydrogen (secondary N) is 1. The van der Waals surface area contributed by atoms with Crippen LogP contribution in [0.1, 0.15) is 21.6 Å². The van der Waals surface area contributed by atoms with Gasteiger partial charge in [-0.2, -0.15) is 5.10 Å². The molecule has 2 aromatic carbocycles. The summed E-state index contributed by atoms with van der Waals surface area (Å²) >= 11 is 15.2. The number of aromatic hydroxyl groups is 1. The van der Waals surface area contributed by atoms with E-state index in [0.29, 0.717) is 32.7 Å². The Hall–Kier alpha value is -2.15. The van der Waals surface area contributed by atoms with Gasteiger partial charge in [-0.05, 0) is 43.3 Å². The second kappa shape index (κ2) is 7.61. The van der Waals surface area contributed by atoms with Crippen molar-refractivity contribution in [2.75, 3.05) is 0 Å². The standard InChI is InChI=1S/C18H12BrCl2N3O2/c1-9-4-14(13-6-11(19)2-3-16(13)23-9)18(26)24-22-8-10-5-12(20)7-15(21)17(10)25/h2-8,25H,1H3,(H,24,26). The Kier molecular flexibility index (Phi) is 5.46. The Bertz CT molecular complexity index is 1050. The quantitative estimate of drug-likeness (QED) is 0.429. The van der Waals surface area contributed by atoms with Gasteiger partial charge in [0.15, 0.2) is 0 Å². The van der Waals surface area contributed by atoms with E-state index in [2.05, 4.69) is 31.4 Å². The van der Waals surface area contributed by atoms with Crippen molar-refractivity contribution in [1.29, 1.82) is 0 Å². The van der Waals surface area contributed by atoms with Gasteiger partial charge in [0.2, 0.25) is 0 Å². The Balaban J connectivity index is 1.90. The SMILES string of the molecule is Cc1cc(C(=O)NN=Cc2cc(Cl)cc(Cl)c2O)c2cc(Br)ccc2n1. The van der Waals surface area contributed by atoms with Crippen molar-refractivity contribution in [2.45, 2.75) is 6.92 Å². The van der Waals surface area contributed by atoms with E-state index >= 15 is 0 Å². The van der Waals surface area contributed by atoms with Crippen LogP contribution in [0.25, 0.3) is 10.9 Å². The number of hydrazone groups is 1. The molecule has 0 bridgehead atoms. The highest BCUT2D eigenvalue weighted by atomic mass is 79.9. The number of halogens is 3. The number of pyridine rings is 1.